The van der Waals surface area contributed by atoms with E-state index in [1.807, 2.05) is 6.92 Å². The Morgan fingerprint density at radius 1 is 0.939 bits per heavy atom. The third-order valence-electron chi connectivity index (χ3n) is 12.4. The molecule has 2 saturated carbocycles. The zero-order valence-corrected chi connectivity index (χ0v) is 38.4. The van der Waals surface area contributed by atoms with Crippen molar-refractivity contribution in [1.82, 2.24) is 30.2 Å². The van der Waals surface area contributed by atoms with E-state index in [1.165, 1.54) is 13.0 Å². The Morgan fingerprint density at radius 3 is 2.21 bits per heavy atom. The molecule has 66 heavy (non-hydrogen) atoms. The smallest absolute Gasteiger partial charge is 0.438 e. The number of amides is 4. The van der Waals surface area contributed by atoms with Gasteiger partial charge in [-0.25, -0.2) is 28.0 Å². The number of esters is 1. The lowest BCUT2D eigenvalue weighted by Crippen LogP contribution is -2.59. The number of halogens is 6. The number of hydrogen-bond donors (Lipinski definition) is 3. The van der Waals surface area contributed by atoms with Crippen molar-refractivity contribution in [3.05, 3.63) is 41.6 Å². The van der Waals surface area contributed by atoms with Gasteiger partial charge in [-0.1, -0.05) is 26.0 Å². The van der Waals surface area contributed by atoms with Crippen LogP contribution in [-0.4, -0.2) is 105 Å². The summed E-state index contributed by atoms with van der Waals surface area (Å²) in [4.78, 5) is 78.0. The highest BCUT2D eigenvalue weighted by Gasteiger charge is 2.63. The van der Waals surface area contributed by atoms with Crippen molar-refractivity contribution in [2.75, 3.05) is 6.54 Å². The minimum absolute atomic E-state index is 0.0571. The van der Waals surface area contributed by atoms with Crippen LogP contribution in [-0.2, 0) is 40.1 Å². The van der Waals surface area contributed by atoms with Crippen LogP contribution in [0.5, 0.6) is 5.88 Å². The Labute approximate surface area is 377 Å². The molecule has 3 fully saturated rings. The Morgan fingerprint density at radius 2 is 1.61 bits per heavy atom. The number of carbonyl (C=O) groups excluding carboxylic acids is 5. The van der Waals surface area contributed by atoms with Gasteiger partial charge in [0.1, 0.15) is 29.3 Å². The van der Waals surface area contributed by atoms with Crippen LogP contribution >= 0.6 is 0 Å². The van der Waals surface area contributed by atoms with Gasteiger partial charge < -0.3 is 29.7 Å². The van der Waals surface area contributed by atoms with Gasteiger partial charge >= 0.3 is 24.4 Å². The molecule has 4 aliphatic rings. The Bertz CT molecular complexity index is 2420. The zero-order valence-electron chi connectivity index (χ0n) is 37.6. The number of nitrogens with zero attached hydrogens (tertiary/aromatic N) is 3. The molecule has 3 heterocycles. The molecule has 6 rings (SSSR count). The van der Waals surface area contributed by atoms with Crippen LogP contribution in [0.3, 0.4) is 0 Å². The highest BCUT2D eigenvalue weighted by atomic mass is 32.2. The van der Waals surface area contributed by atoms with Gasteiger partial charge in [0.25, 0.3) is 5.91 Å². The first-order valence-corrected chi connectivity index (χ1v) is 23.0. The number of carbonyl (C=O) groups is 5. The van der Waals surface area contributed by atoms with E-state index in [-0.39, 0.29) is 48.2 Å². The number of alkyl carbamates (subject to hydrolysis) is 1. The van der Waals surface area contributed by atoms with E-state index < -0.39 is 128 Å². The Balaban J connectivity index is 1.40. The predicted molar refractivity (Wildman–Crippen MR) is 223 cm³/mol. The highest BCUT2D eigenvalue weighted by Crippen LogP contribution is 2.48. The molecule has 0 spiro atoms. The SMILES string of the molecule is C[C@@H]1CC/C=C\[C@@H]2C[C@@]2(C(=O)NS(=O)(=O)C2(C)CC2)NC(=O)[C@@H]2C[C@@H](Oc3nc4cc(C(=O)OC(C)(C)C)ccc4nc3C(F)(F)F)CN2C(=O)[C@@H](NC(=O)OC(C)(C)C(F)(F)F)[C@H](C)C1. The molecule has 0 unspecified atom stereocenters. The average molecular weight is 961 g/mol. The molecule has 3 N–H and O–H groups in total. The van der Waals surface area contributed by atoms with Crippen LogP contribution in [0.4, 0.5) is 31.1 Å². The number of rotatable bonds is 8. The van der Waals surface area contributed by atoms with Crippen molar-refractivity contribution < 1.29 is 72.9 Å². The van der Waals surface area contributed by atoms with Gasteiger partial charge in [0.15, 0.2) is 0 Å². The molecular weight excluding hydrogens is 907 g/mol. The van der Waals surface area contributed by atoms with Crippen LogP contribution in [0.2, 0.25) is 0 Å². The summed E-state index contributed by atoms with van der Waals surface area (Å²) in [6.45, 7) is 10.2. The molecular formula is C43H54F6N6O10S. The standard InChI is InChI=1S/C43H54F6N6O10S/c1-22-11-9-10-12-25-20-41(25,36(59)54-66(61,62)40(8)15-16-40)53-32(56)29-19-26(21-55(29)34(57)30(23(2)17-22)52-37(60)65-39(6,7)43(47,48)49)63-33-31(42(44,45)46)50-27-14-13-24(18-28(27)51-33)35(58)64-38(3,4)5/h10,12-14,18,22-23,25-26,29-30H,9,11,15-17,19-21H2,1-8H3,(H,52,60)(H,53,56)(H,54,59)/b12-10-/t22-,23-,25-,26-,29+,30+,41-/m1/s1. The first kappa shape index (κ1) is 50.2. The number of ether oxygens (including phenoxy) is 3. The maximum absolute atomic E-state index is 14.8. The van der Waals surface area contributed by atoms with E-state index in [1.54, 1.807) is 39.8 Å². The van der Waals surface area contributed by atoms with Gasteiger partial charge in [-0.15, -0.1) is 0 Å². The van der Waals surface area contributed by atoms with Gasteiger partial charge in [-0.2, -0.15) is 26.3 Å². The number of alkyl halides is 6. The molecule has 2 aliphatic heterocycles. The maximum atomic E-state index is 14.8. The number of hydrogen-bond acceptors (Lipinski definition) is 12. The third kappa shape index (κ3) is 10.8. The lowest BCUT2D eigenvalue weighted by atomic mass is 9.88. The van der Waals surface area contributed by atoms with E-state index in [0.717, 1.165) is 17.0 Å². The van der Waals surface area contributed by atoms with Crippen LogP contribution in [0.25, 0.3) is 11.0 Å². The molecule has 4 amide bonds. The van der Waals surface area contributed by atoms with E-state index in [4.69, 9.17) is 14.2 Å². The van der Waals surface area contributed by atoms with E-state index in [2.05, 4.69) is 25.3 Å². The van der Waals surface area contributed by atoms with Crippen molar-refractivity contribution in [2.45, 2.75) is 152 Å². The summed E-state index contributed by atoms with van der Waals surface area (Å²) >= 11 is 0. The first-order valence-electron chi connectivity index (χ1n) is 21.5. The van der Waals surface area contributed by atoms with Gasteiger partial charge in [0.05, 0.1) is 27.9 Å². The number of fused-ring (bicyclic) bond motifs is 3. The summed E-state index contributed by atoms with van der Waals surface area (Å²) in [6.07, 6.45) is -8.81. The van der Waals surface area contributed by atoms with Crippen LogP contribution < -0.4 is 20.1 Å². The Hall–Kier alpha value is -5.22. The van der Waals surface area contributed by atoms with E-state index in [0.29, 0.717) is 26.7 Å². The molecule has 16 nitrogen and oxygen atoms in total. The zero-order chi connectivity index (χ0) is 49.2. The third-order valence-corrected chi connectivity index (χ3v) is 14.5. The van der Waals surface area contributed by atoms with E-state index in [9.17, 15) is 58.7 Å². The minimum atomic E-state index is -5.17. The lowest BCUT2D eigenvalue weighted by molar-refractivity contribution is -0.244. The Kier molecular flexibility index (Phi) is 13.3. The van der Waals surface area contributed by atoms with Gasteiger partial charge in [-0.05, 0) is 110 Å². The summed E-state index contributed by atoms with van der Waals surface area (Å²) in [7, 11) is -4.21. The first-order chi connectivity index (χ1) is 30.3. The normalized spacial score (nSPS) is 27.8. The van der Waals surface area contributed by atoms with Crippen molar-refractivity contribution in [3.63, 3.8) is 0 Å². The van der Waals surface area contributed by atoms with E-state index >= 15 is 0 Å². The molecule has 1 aromatic carbocycles. The van der Waals surface area contributed by atoms with Crippen molar-refractivity contribution in [2.24, 2.45) is 17.8 Å². The number of benzene rings is 1. The predicted octanol–water partition coefficient (Wildman–Crippen LogP) is 6.27. The van der Waals surface area contributed by atoms with Gasteiger partial charge in [0, 0.05) is 12.3 Å². The number of aromatic nitrogens is 2. The average Bonchev–Trinajstić information content (AvgIpc) is 4.06. The fourth-order valence-electron chi connectivity index (χ4n) is 7.97. The summed E-state index contributed by atoms with van der Waals surface area (Å²) in [5, 5.41) is 4.86. The fourth-order valence-corrected chi connectivity index (χ4v) is 9.28. The quantitative estimate of drug-likeness (QED) is 0.152. The second-order valence-corrected chi connectivity index (χ2v) is 21.8. The summed E-state index contributed by atoms with van der Waals surface area (Å²) in [5.41, 5.74) is -7.94. The molecule has 2 aromatic rings. The molecule has 1 saturated heterocycles. The number of nitrogens with one attached hydrogen (secondary N) is 3. The summed E-state index contributed by atoms with van der Waals surface area (Å²) in [6, 6.07) is 0.129. The van der Waals surface area contributed by atoms with Crippen molar-refractivity contribution in [1.29, 1.82) is 0 Å². The van der Waals surface area contributed by atoms with Crippen LogP contribution in [0.15, 0.2) is 30.4 Å². The monoisotopic (exact) mass is 960 g/mol. The highest BCUT2D eigenvalue weighted by molar-refractivity contribution is 7.91. The molecule has 2 aliphatic carbocycles. The van der Waals surface area contributed by atoms with Crippen LogP contribution in [0.1, 0.15) is 116 Å². The van der Waals surface area contributed by atoms with Crippen molar-refractivity contribution in [3.8, 4) is 5.88 Å². The summed E-state index contributed by atoms with van der Waals surface area (Å²) < 4.78 is 129. The molecule has 1 aromatic heterocycles. The van der Waals surface area contributed by atoms with Crippen LogP contribution in [0, 0.1) is 17.8 Å². The largest absolute Gasteiger partial charge is 0.471 e. The second kappa shape index (κ2) is 17.5. The molecule has 364 valence electrons. The van der Waals surface area contributed by atoms with Gasteiger partial charge in [0.2, 0.25) is 39.0 Å². The number of sulfonamides is 1. The van der Waals surface area contributed by atoms with Crippen molar-refractivity contribution >= 4 is 50.8 Å². The minimum Gasteiger partial charge on any atom is -0.471 e. The number of allylic oxidation sites excluding steroid dienone is 1. The maximum Gasteiger partial charge on any atom is 0.438 e. The molecule has 7 atom stereocenters. The topological polar surface area (TPSA) is 212 Å². The lowest BCUT2D eigenvalue weighted by Gasteiger charge is -2.34. The molecule has 23 heteroatoms. The van der Waals surface area contributed by atoms with Gasteiger partial charge in [-0.3, -0.25) is 19.1 Å². The molecule has 0 radical (unpaired) electrons. The summed E-state index contributed by atoms with van der Waals surface area (Å²) in [5.74, 6) is -6.77. The fraction of sp³-hybridized carbons (Fsp3) is 0.651. The second-order valence-electron chi connectivity index (χ2n) is 19.6. The molecule has 0 bridgehead atoms.